The molecule has 0 aliphatic heterocycles. The van der Waals surface area contributed by atoms with Gasteiger partial charge in [0.05, 0.1) is 10.0 Å². The van der Waals surface area contributed by atoms with Crippen molar-refractivity contribution >= 4 is 56.4 Å². The number of benzene rings is 2. The third-order valence-corrected chi connectivity index (χ3v) is 5.49. The van der Waals surface area contributed by atoms with E-state index in [2.05, 4.69) is 47.2 Å². The van der Waals surface area contributed by atoms with E-state index in [0.29, 0.717) is 21.6 Å². The molecule has 0 atom stereocenters. The second kappa shape index (κ2) is 6.57. The van der Waals surface area contributed by atoms with Gasteiger partial charge >= 0.3 is 0 Å². The van der Waals surface area contributed by atoms with E-state index in [4.69, 9.17) is 34.8 Å². The zero-order valence-corrected chi connectivity index (χ0v) is 14.9. The first kappa shape index (κ1) is 16.0. The molecule has 0 bridgehead atoms. The molecule has 0 radical (unpaired) electrons. The van der Waals surface area contributed by atoms with E-state index in [9.17, 15) is 0 Å². The molecule has 0 spiro atoms. The third kappa shape index (κ3) is 3.43. The average Bonchev–Trinajstić information content (AvgIpc) is 2.40. The SMILES string of the molecule is Cc1cc(NCc2c(Cl)ccc(Cl)c2Cl)cc(C)c1Br. The molecule has 1 N–H and O–H groups in total. The Labute approximate surface area is 142 Å². The minimum Gasteiger partial charge on any atom is -0.381 e. The molecule has 0 saturated heterocycles. The first-order chi connectivity index (χ1) is 9.40. The van der Waals surface area contributed by atoms with Gasteiger partial charge in [0.2, 0.25) is 0 Å². The van der Waals surface area contributed by atoms with E-state index < -0.39 is 0 Å². The Morgan fingerprint density at radius 1 is 1.00 bits per heavy atom. The van der Waals surface area contributed by atoms with Gasteiger partial charge < -0.3 is 5.32 Å². The van der Waals surface area contributed by atoms with E-state index in [0.717, 1.165) is 15.7 Å². The van der Waals surface area contributed by atoms with E-state index in [1.165, 1.54) is 11.1 Å². The van der Waals surface area contributed by atoms with Gasteiger partial charge in [-0.15, -0.1) is 0 Å². The number of halogens is 4. The highest BCUT2D eigenvalue weighted by atomic mass is 79.9. The zero-order chi connectivity index (χ0) is 14.9. The van der Waals surface area contributed by atoms with Crippen molar-refractivity contribution in [1.82, 2.24) is 0 Å². The van der Waals surface area contributed by atoms with Crippen molar-refractivity contribution in [2.24, 2.45) is 0 Å². The number of nitrogens with one attached hydrogen (secondary N) is 1. The van der Waals surface area contributed by atoms with Crippen molar-refractivity contribution < 1.29 is 0 Å². The van der Waals surface area contributed by atoms with Crippen LogP contribution in [0.3, 0.4) is 0 Å². The summed E-state index contributed by atoms with van der Waals surface area (Å²) in [5, 5.41) is 4.95. The van der Waals surface area contributed by atoms with Crippen LogP contribution in [-0.4, -0.2) is 0 Å². The van der Waals surface area contributed by atoms with Crippen molar-refractivity contribution in [3.63, 3.8) is 0 Å². The van der Waals surface area contributed by atoms with Crippen LogP contribution in [0, 0.1) is 13.8 Å². The summed E-state index contributed by atoms with van der Waals surface area (Å²) < 4.78 is 1.13. The van der Waals surface area contributed by atoms with E-state index >= 15 is 0 Å². The van der Waals surface area contributed by atoms with Crippen molar-refractivity contribution in [1.29, 1.82) is 0 Å². The molecule has 0 aliphatic carbocycles. The lowest BCUT2D eigenvalue weighted by Crippen LogP contribution is -2.02. The molecule has 0 aliphatic rings. The van der Waals surface area contributed by atoms with Gasteiger partial charge in [0.15, 0.2) is 0 Å². The Balaban J connectivity index is 2.24. The summed E-state index contributed by atoms with van der Waals surface area (Å²) in [5.74, 6) is 0. The lowest BCUT2D eigenvalue weighted by molar-refractivity contribution is 1.14. The molecule has 0 heterocycles. The maximum atomic E-state index is 6.19. The molecule has 2 aromatic carbocycles. The molecule has 2 rings (SSSR count). The maximum absolute atomic E-state index is 6.19. The second-order valence-corrected chi connectivity index (χ2v) is 6.58. The fourth-order valence-corrected chi connectivity index (χ4v) is 2.88. The van der Waals surface area contributed by atoms with Gasteiger partial charge in [-0.25, -0.2) is 0 Å². The number of aryl methyl sites for hydroxylation is 2. The minimum atomic E-state index is 0.497. The zero-order valence-electron chi connectivity index (χ0n) is 11.0. The summed E-state index contributed by atoms with van der Waals surface area (Å²) in [6, 6.07) is 7.60. The summed E-state index contributed by atoms with van der Waals surface area (Å²) >= 11 is 21.9. The molecule has 0 fully saturated rings. The van der Waals surface area contributed by atoms with Crippen LogP contribution in [-0.2, 0) is 6.54 Å². The quantitative estimate of drug-likeness (QED) is 0.577. The Hall–Kier alpha value is -0.410. The van der Waals surface area contributed by atoms with Crippen LogP contribution < -0.4 is 5.32 Å². The van der Waals surface area contributed by atoms with Crippen molar-refractivity contribution in [3.05, 3.63) is 60.5 Å². The lowest BCUT2D eigenvalue weighted by atomic mass is 10.1. The normalized spacial score (nSPS) is 10.7. The molecule has 2 aromatic rings. The van der Waals surface area contributed by atoms with Gasteiger partial charge in [-0.3, -0.25) is 0 Å². The van der Waals surface area contributed by atoms with Gasteiger partial charge in [-0.1, -0.05) is 50.7 Å². The van der Waals surface area contributed by atoms with Crippen LogP contribution in [0.5, 0.6) is 0 Å². The molecule has 20 heavy (non-hydrogen) atoms. The Morgan fingerprint density at radius 2 is 1.55 bits per heavy atom. The van der Waals surface area contributed by atoms with Crippen LogP contribution >= 0.6 is 50.7 Å². The van der Waals surface area contributed by atoms with Gasteiger partial charge in [-0.05, 0) is 49.2 Å². The van der Waals surface area contributed by atoms with Crippen molar-refractivity contribution in [3.8, 4) is 0 Å². The fourth-order valence-electron chi connectivity index (χ4n) is 1.97. The predicted octanol–water partition coefficient (Wildman–Crippen LogP) is 6.64. The summed E-state index contributed by atoms with van der Waals surface area (Å²) in [5.41, 5.74) is 4.18. The summed E-state index contributed by atoms with van der Waals surface area (Å²) in [4.78, 5) is 0. The van der Waals surface area contributed by atoms with Crippen LogP contribution in [0.4, 0.5) is 5.69 Å². The molecule has 1 nitrogen and oxygen atoms in total. The lowest BCUT2D eigenvalue weighted by Gasteiger charge is -2.13. The Morgan fingerprint density at radius 3 is 2.15 bits per heavy atom. The van der Waals surface area contributed by atoms with Gasteiger partial charge in [-0.2, -0.15) is 0 Å². The van der Waals surface area contributed by atoms with Crippen LogP contribution in [0.2, 0.25) is 15.1 Å². The molecule has 0 aromatic heterocycles. The van der Waals surface area contributed by atoms with Gasteiger partial charge in [0.1, 0.15) is 0 Å². The van der Waals surface area contributed by atoms with E-state index in [1.807, 2.05) is 0 Å². The second-order valence-electron chi connectivity index (χ2n) is 4.60. The standard InChI is InChI=1S/C15H13BrCl3N/c1-8-5-10(6-9(2)14(8)16)20-7-11-12(17)3-4-13(18)15(11)19/h3-6,20H,7H2,1-2H3. The monoisotopic (exact) mass is 391 g/mol. The Bertz CT molecular complexity index is 633. The average molecular weight is 394 g/mol. The number of hydrogen-bond acceptors (Lipinski definition) is 1. The van der Waals surface area contributed by atoms with Crippen LogP contribution in [0.25, 0.3) is 0 Å². The summed E-state index contributed by atoms with van der Waals surface area (Å²) in [6.45, 7) is 4.64. The highest BCUT2D eigenvalue weighted by molar-refractivity contribution is 9.10. The molecular weight excluding hydrogens is 380 g/mol. The molecular formula is C15H13BrCl3N. The molecule has 0 saturated carbocycles. The smallest absolute Gasteiger partial charge is 0.0657 e. The number of rotatable bonds is 3. The topological polar surface area (TPSA) is 12.0 Å². The van der Waals surface area contributed by atoms with E-state index in [1.54, 1.807) is 12.1 Å². The molecule has 5 heteroatoms. The van der Waals surface area contributed by atoms with Gasteiger partial charge in [0, 0.05) is 27.3 Å². The van der Waals surface area contributed by atoms with Gasteiger partial charge in [0.25, 0.3) is 0 Å². The largest absolute Gasteiger partial charge is 0.381 e. The first-order valence-corrected chi connectivity index (χ1v) is 7.96. The van der Waals surface area contributed by atoms with E-state index in [-0.39, 0.29) is 0 Å². The van der Waals surface area contributed by atoms with Crippen LogP contribution in [0.1, 0.15) is 16.7 Å². The highest BCUT2D eigenvalue weighted by Gasteiger charge is 2.10. The third-order valence-electron chi connectivity index (χ3n) is 3.04. The fraction of sp³-hybridized carbons (Fsp3) is 0.200. The first-order valence-electron chi connectivity index (χ1n) is 6.03. The van der Waals surface area contributed by atoms with Crippen LogP contribution in [0.15, 0.2) is 28.7 Å². The highest BCUT2D eigenvalue weighted by Crippen LogP contribution is 2.32. The predicted molar refractivity (Wildman–Crippen MR) is 92.4 cm³/mol. The molecule has 106 valence electrons. The molecule has 0 amide bonds. The minimum absolute atomic E-state index is 0.497. The maximum Gasteiger partial charge on any atom is 0.0657 e. The number of anilines is 1. The summed E-state index contributed by atoms with van der Waals surface area (Å²) in [7, 11) is 0. The number of hydrogen-bond donors (Lipinski definition) is 1. The van der Waals surface area contributed by atoms with Crippen molar-refractivity contribution in [2.45, 2.75) is 20.4 Å². The molecule has 0 unspecified atom stereocenters. The Kier molecular flexibility index (Phi) is 5.25. The summed E-state index contributed by atoms with van der Waals surface area (Å²) in [6.07, 6.45) is 0. The van der Waals surface area contributed by atoms with Crippen molar-refractivity contribution in [2.75, 3.05) is 5.32 Å².